The zero-order chi connectivity index (χ0) is 11.0. The average Bonchev–Trinajstić information content (AvgIpc) is 2.09. The topological polar surface area (TPSA) is 58.2 Å². The Bertz CT molecular complexity index is 223. The lowest BCUT2D eigenvalue weighted by Crippen LogP contribution is -2.33. The Morgan fingerprint density at radius 1 is 1.14 bits per heavy atom. The van der Waals surface area contributed by atoms with Gasteiger partial charge in [-0.2, -0.15) is 0 Å². The molecule has 0 heterocycles. The van der Waals surface area contributed by atoms with E-state index < -0.39 is 10.0 Å². The van der Waals surface area contributed by atoms with Gasteiger partial charge in [-0.15, -0.1) is 0 Å². The van der Waals surface area contributed by atoms with Crippen LogP contribution in [0.15, 0.2) is 0 Å². The smallest absolute Gasteiger partial charge is 0.208 e. The minimum atomic E-state index is -3.03. The van der Waals surface area contributed by atoms with Crippen LogP contribution < -0.4 is 10.0 Å². The third-order valence-corrected chi connectivity index (χ3v) is 2.98. The van der Waals surface area contributed by atoms with Gasteiger partial charge in [0.2, 0.25) is 10.0 Å². The van der Waals surface area contributed by atoms with Gasteiger partial charge in [-0.25, -0.2) is 13.1 Å². The Balaban J connectivity index is 3.38. The Hall–Kier alpha value is -0.130. The van der Waals surface area contributed by atoms with Gasteiger partial charge in [0.25, 0.3) is 0 Å². The molecule has 86 valence electrons. The molecule has 0 unspecified atom stereocenters. The van der Waals surface area contributed by atoms with Crippen LogP contribution in [-0.4, -0.2) is 34.3 Å². The molecule has 0 radical (unpaired) electrons. The normalized spacial score (nSPS) is 12.3. The largest absolute Gasteiger partial charge is 0.315 e. The van der Waals surface area contributed by atoms with Gasteiger partial charge in [-0.3, -0.25) is 0 Å². The van der Waals surface area contributed by atoms with E-state index in [0.29, 0.717) is 19.0 Å². The predicted octanol–water partition coefficient (Wildman–Crippen LogP) is 0.561. The zero-order valence-corrected chi connectivity index (χ0v) is 10.2. The summed E-state index contributed by atoms with van der Waals surface area (Å²) in [7, 11) is -3.03. The van der Waals surface area contributed by atoms with Gasteiger partial charge in [0.15, 0.2) is 0 Å². The fourth-order valence-electron chi connectivity index (χ4n) is 1.21. The Morgan fingerprint density at radius 2 is 1.71 bits per heavy atom. The van der Waals surface area contributed by atoms with Crippen LogP contribution >= 0.6 is 0 Å². The lowest BCUT2D eigenvalue weighted by Gasteiger charge is -2.12. The van der Waals surface area contributed by atoms with Crippen molar-refractivity contribution >= 4 is 10.0 Å². The molecule has 0 atom stereocenters. The molecule has 0 saturated heterocycles. The molecule has 0 aliphatic heterocycles. The Kier molecular flexibility index (Phi) is 7.13. The Morgan fingerprint density at radius 3 is 2.14 bits per heavy atom. The summed E-state index contributed by atoms with van der Waals surface area (Å²) in [5.41, 5.74) is 0. The maximum absolute atomic E-state index is 10.7. The van der Waals surface area contributed by atoms with Crippen LogP contribution in [0, 0.1) is 5.92 Å². The second-order valence-electron chi connectivity index (χ2n) is 3.55. The number of nitrogens with one attached hydrogen (secondary N) is 2. The Labute approximate surface area is 87.5 Å². The van der Waals surface area contributed by atoms with Crippen molar-refractivity contribution in [3.05, 3.63) is 0 Å². The standard InChI is InChI=1S/C9H22N2O2S/c1-4-9(5-2)8-10-6-7-11-14(3,12)13/h9-11H,4-8H2,1-3H3. The van der Waals surface area contributed by atoms with E-state index >= 15 is 0 Å². The van der Waals surface area contributed by atoms with Gasteiger partial charge in [0, 0.05) is 13.1 Å². The number of hydrogen-bond donors (Lipinski definition) is 2. The summed E-state index contributed by atoms with van der Waals surface area (Å²) in [4.78, 5) is 0. The third kappa shape index (κ3) is 8.47. The lowest BCUT2D eigenvalue weighted by atomic mass is 10.0. The fraction of sp³-hybridized carbons (Fsp3) is 1.00. The molecule has 2 N–H and O–H groups in total. The number of sulfonamides is 1. The first-order valence-electron chi connectivity index (χ1n) is 5.15. The summed E-state index contributed by atoms with van der Waals surface area (Å²) in [6, 6.07) is 0. The minimum Gasteiger partial charge on any atom is -0.315 e. The van der Waals surface area contributed by atoms with Gasteiger partial charge >= 0.3 is 0 Å². The van der Waals surface area contributed by atoms with Crippen molar-refractivity contribution in [1.82, 2.24) is 10.0 Å². The summed E-state index contributed by atoms with van der Waals surface area (Å²) < 4.78 is 23.8. The molecule has 0 aromatic rings. The summed E-state index contributed by atoms with van der Waals surface area (Å²) in [6.45, 7) is 6.48. The van der Waals surface area contributed by atoms with Crippen LogP contribution in [0.4, 0.5) is 0 Å². The van der Waals surface area contributed by atoms with Crippen LogP contribution in [0.2, 0.25) is 0 Å². The zero-order valence-electron chi connectivity index (χ0n) is 9.34. The maximum Gasteiger partial charge on any atom is 0.208 e. The average molecular weight is 222 g/mol. The highest BCUT2D eigenvalue weighted by atomic mass is 32.2. The molecule has 0 saturated carbocycles. The quantitative estimate of drug-likeness (QED) is 0.590. The van der Waals surface area contributed by atoms with Crippen LogP contribution in [0.1, 0.15) is 26.7 Å². The molecule has 14 heavy (non-hydrogen) atoms. The van der Waals surface area contributed by atoms with E-state index in [-0.39, 0.29) is 0 Å². The van der Waals surface area contributed by atoms with Gasteiger partial charge in [0.05, 0.1) is 6.26 Å². The van der Waals surface area contributed by atoms with E-state index in [4.69, 9.17) is 0 Å². The van der Waals surface area contributed by atoms with Gasteiger partial charge in [-0.1, -0.05) is 26.7 Å². The predicted molar refractivity (Wildman–Crippen MR) is 59.8 cm³/mol. The molecule has 4 nitrogen and oxygen atoms in total. The van der Waals surface area contributed by atoms with Crippen molar-refractivity contribution in [2.24, 2.45) is 5.92 Å². The van der Waals surface area contributed by atoms with Crippen LogP contribution in [-0.2, 0) is 10.0 Å². The monoisotopic (exact) mass is 222 g/mol. The first-order valence-corrected chi connectivity index (χ1v) is 7.04. The van der Waals surface area contributed by atoms with Gasteiger partial charge < -0.3 is 5.32 Å². The summed E-state index contributed by atoms with van der Waals surface area (Å²) in [6.07, 6.45) is 3.51. The van der Waals surface area contributed by atoms with E-state index in [2.05, 4.69) is 23.9 Å². The minimum absolute atomic E-state index is 0.471. The molecule has 0 aliphatic rings. The molecule has 0 amide bonds. The second-order valence-corrected chi connectivity index (χ2v) is 5.39. The summed E-state index contributed by atoms with van der Waals surface area (Å²) in [5.74, 6) is 0.702. The van der Waals surface area contributed by atoms with Crippen molar-refractivity contribution in [3.8, 4) is 0 Å². The fourth-order valence-corrected chi connectivity index (χ4v) is 1.68. The van der Waals surface area contributed by atoms with E-state index in [1.165, 1.54) is 19.1 Å². The van der Waals surface area contributed by atoms with Crippen molar-refractivity contribution in [2.75, 3.05) is 25.9 Å². The highest BCUT2D eigenvalue weighted by molar-refractivity contribution is 7.88. The van der Waals surface area contributed by atoms with Crippen molar-refractivity contribution < 1.29 is 8.42 Å². The summed E-state index contributed by atoms with van der Waals surface area (Å²) in [5, 5.41) is 3.23. The van der Waals surface area contributed by atoms with Gasteiger partial charge in [-0.05, 0) is 12.5 Å². The first kappa shape index (κ1) is 13.9. The molecule has 0 aromatic carbocycles. The van der Waals surface area contributed by atoms with E-state index in [9.17, 15) is 8.42 Å². The van der Waals surface area contributed by atoms with Crippen molar-refractivity contribution in [3.63, 3.8) is 0 Å². The highest BCUT2D eigenvalue weighted by Crippen LogP contribution is 2.04. The van der Waals surface area contributed by atoms with Crippen LogP contribution in [0.3, 0.4) is 0 Å². The molecule has 5 heteroatoms. The number of hydrogen-bond acceptors (Lipinski definition) is 3. The molecule has 0 rings (SSSR count). The SMILES string of the molecule is CCC(CC)CNCCNS(C)(=O)=O. The van der Waals surface area contributed by atoms with E-state index in [1.54, 1.807) is 0 Å². The van der Waals surface area contributed by atoms with E-state index in [0.717, 1.165) is 6.54 Å². The van der Waals surface area contributed by atoms with Gasteiger partial charge in [0.1, 0.15) is 0 Å². The maximum atomic E-state index is 10.7. The van der Waals surface area contributed by atoms with Crippen LogP contribution in [0.5, 0.6) is 0 Å². The highest BCUT2D eigenvalue weighted by Gasteiger charge is 2.02. The van der Waals surface area contributed by atoms with Crippen molar-refractivity contribution in [1.29, 1.82) is 0 Å². The number of rotatable bonds is 8. The second kappa shape index (κ2) is 7.20. The molecular weight excluding hydrogens is 200 g/mol. The van der Waals surface area contributed by atoms with Crippen LogP contribution in [0.25, 0.3) is 0 Å². The van der Waals surface area contributed by atoms with Crippen molar-refractivity contribution in [2.45, 2.75) is 26.7 Å². The molecular formula is C9H22N2O2S. The third-order valence-electron chi connectivity index (χ3n) is 2.25. The molecule has 0 fully saturated rings. The molecule has 0 aliphatic carbocycles. The first-order chi connectivity index (χ1) is 6.49. The molecule has 0 aromatic heterocycles. The summed E-state index contributed by atoms with van der Waals surface area (Å²) >= 11 is 0. The molecule has 0 bridgehead atoms. The van der Waals surface area contributed by atoms with E-state index in [1.807, 2.05) is 0 Å². The molecule has 0 spiro atoms. The lowest BCUT2D eigenvalue weighted by molar-refractivity contribution is 0.451.